The van der Waals surface area contributed by atoms with E-state index in [0.29, 0.717) is 13.0 Å². The standard InChI is InChI=1S/C26H48O2/c1-3-5-7-9-11-12-13-14-15-16-17-18-19-20-22-24-26(27)28-25-23-21-10-8-6-4-2/h11-12,14-15H,3-10,13,16-25H2,1-2H3/b12-11+,15-14+. The fourth-order valence-electron chi connectivity index (χ4n) is 3.22. The average molecular weight is 393 g/mol. The molecule has 0 aliphatic carbocycles. The smallest absolute Gasteiger partial charge is 0.305 e. The van der Waals surface area contributed by atoms with E-state index < -0.39 is 0 Å². The number of carbonyl (C=O) groups excluding carboxylic acids is 1. The molecule has 0 unspecified atom stereocenters. The molecule has 2 nitrogen and oxygen atoms in total. The molecule has 0 heterocycles. The summed E-state index contributed by atoms with van der Waals surface area (Å²) in [6.45, 7) is 5.10. The van der Waals surface area contributed by atoms with Crippen LogP contribution in [0.3, 0.4) is 0 Å². The Kier molecular flexibility index (Phi) is 23.1. The second-order valence-electron chi connectivity index (χ2n) is 7.97. The Morgan fingerprint density at radius 2 is 1.11 bits per heavy atom. The Morgan fingerprint density at radius 1 is 0.607 bits per heavy atom. The monoisotopic (exact) mass is 392 g/mol. The number of ether oxygens (including phenoxy) is 1. The Labute approximate surface area is 176 Å². The lowest BCUT2D eigenvalue weighted by Gasteiger charge is -2.05. The van der Waals surface area contributed by atoms with Crippen molar-refractivity contribution in [1.82, 2.24) is 0 Å². The van der Waals surface area contributed by atoms with Gasteiger partial charge in [-0.15, -0.1) is 0 Å². The number of unbranched alkanes of at least 4 members (excludes halogenated alkanes) is 13. The Morgan fingerprint density at radius 3 is 1.79 bits per heavy atom. The third kappa shape index (κ3) is 23.0. The highest BCUT2D eigenvalue weighted by Gasteiger charge is 2.02. The quantitative estimate of drug-likeness (QED) is 0.111. The predicted octanol–water partition coefficient (Wildman–Crippen LogP) is 8.70. The highest BCUT2D eigenvalue weighted by Crippen LogP contribution is 2.09. The van der Waals surface area contributed by atoms with Gasteiger partial charge in [0.15, 0.2) is 0 Å². The third-order valence-electron chi connectivity index (χ3n) is 5.09. The van der Waals surface area contributed by atoms with Crippen molar-refractivity contribution in [3.8, 4) is 0 Å². The van der Waals surface area contributed by atoms with E-state index in [2.05, 4.69) is 38.2 Å². The van der Waals surface area contributed by atoms with Gasteiger partial charge in [-0.1, -0.05) is 102 Å². The van der Waals surface area contributed by atoms with E-state index in [4.69, 9.17) is 4.74 Å². The fraction of sp³-hybridized carbons (Fsp3) is 0.808. The summed E-state index contributed by atoms with van der Waals surface area (Å²) in [6, 6.07) is 0. The highest BCUT2D eigenvalue weighted by atomic mass is 16.5. The Bertz CT molecular complexity index is 371. The average Bonchev–Trinajstić information content (AvgIpc) is 2.70. The molecule has 0 saturated carbocycles. The summed E-state index contributed by atoms with van der Waals surface area (Å²) >= 11 is 0. The zero-order valence-electron chi connectivity index (χ0n) is 19.1. The molecule has 0 aromatic heterocycles. The summed E-state index contributed by atoms with van der Waals surface area (Å²) in [4.78, 5) is 11.7. The first-order valence-electron chi connectivity index (χ1n) is 12.3. The van der Waals surface area contributed by atoms with Crippen LogP contribution >= 0.6 is 0 Å². The van der Waals surface area contributed by atoms with E-state index in [1.807, 2.05) is 0 Å². The summed E-state index contributed by atoms with van der Waals surface area (Å²) < 4.78 is 5.31. The van der Waals surface area contributed by atoms with Gasteiger partial charge < -0.3 is 4.74 Å². The zero-order valence-corrected chi connectivity index (χ0v) is 19.1. The van der Waals surface area contributed by atoms with Gasteiger partial charge in [-0.05, 0) is 44.9 Å². The molecule has 28 heavy (non-hydrogen) atoms. The maximum Gasteiger partial charge on any atom is 0.305 e. The van der Waals surface area contributed by atoms with Gasteiger partial charge in [0.2, 0.25) is 0 Å². The van der Waals surface area contributed by atoms with Gasteiger partial charge in [-0.2, -0.15) is 0 Å². The molecule has 0 bridgehead atoms. The van der Waals surface area contributed by atoms with Crippen LogP contribution in [0.5, 0.6) is 0 Å². The van der Waals surface area contributed by atoms with Crippen LogP contribution in [0.4, 0.5) is 0 Å². The number of hydrogen-bond acceptors (Lipinski definition) is 2. The van der Waals surface area contributed by atoms with Gasteiger partial charge in [0.05, 0.1) is 6.61 Å². The van der Waals surface area contributed by atoms with Gasteiger partial charge in [-0.3, -0.25) is 4.79 Å². The van der Waals surface area contributed by atoms with E-state index in [1.54, 1.807) is 0 Å². The van der Waals surface area contributed by atoms with Crippen LogP contribution < -0.4 is 0 Å². The summed E-state index contributed by atoms with van der Waals surface area (Å²) in [5.74, 6) is -0.000703. The van der Waals surface area contributed by atoms with Crippen molar-refractivity contribution in [2.75, 3.05) is 6.61 Å². The number of carbonyl (C=O) groups is 1. The SMILES string of the molecule is CCCCC/C=C/C/C=C/CCCCCCCC(=O)OCCCCCCCC. The first-order chi connectivity index (χ1) is 13.8. The number of rotatable bonds is 21. The molecule has 164 valence electrons. The second kappa shape index (κ2) is 24.0. The van der Waals surface area contributed by atoms with E-state index >= 15 is 0 Å². The third-order valence-corrected chi connectivity index (χ3v) is 5.09. The molecule has 0 aromatic carbocycles. The molecular formula is C26H48O2. The Hall–Kier alpha value is -1.05. The number of allylic oxidation sites excluding steroid dienone is 4. The molecule has 0 radical (unpaired) electrons. The lowest BCUT2D eigenvalue weighted by molar-refractivity contribution is -0.143. The Balaban J connectivity index is 3.25. The van der Waals surface area contributed by atoms with Crippen molar-refractivity contribution < 1.29 is 9.53 Å². The molecule has 0 amide bonds. The van der Waals surface area contributed by atoms with Gasteiger partial charge >= 0.3 is 5.97 Å². The van der Waals surface area contributed by atoms with Crippen LogP contribution in [0.1, 0.15) is 129 Å². The van der Waals surface area contributed by atoms with Crippen LogP contribution in [0.25, 0.3) is 0 Å². The molecule has 0 aliphatic rings. The van der Waals surface area contributed by atoms with Crippen molar-refractivity contribution in [3.05, 3.63) is 24.3 Å². The predicted molar refractivity (Wildman–Crippen MR) is 124 cm³/mol. The zero-order chi connectivity index (χ0) is 20.5. The van der Waals surface area contributed by atoms with Crippen molar-refractivity contribution in [2.45, 2.75) is 129 Å². The van der Waals surface area contributed by atoms with Gasteiger partial charge in [0.25, 0.3) is 0 Å². The molecule has 0 atom stereocenters. The van der Waals surface area contributed by atoms with Gasteiger partial charge in [-0.25, -0.2) is 0 Å². The van der Waals surface area contributed by atoms with Crippen LogP contribution in [-0.4, -0.2) is 12.6 Å². The van der Waals surface area contributed by atoms with Crippen molar-refractivity contribution in [3.63, 3.8) is 0 Å². The molecule has 0 fully saturated rings. The summed E-state index contributed by atoms with van der Waals surface area (Å²) in [7, 11) is 0. The molecule has 0 spiro atoms. The minimum Gasteiger partial charge on any atom is -0.466 e. The summed E-state index contributed by atoms with van der Waals surface area (Å²) in [5, 5.41) is 0. The molecule has 0 rings (SSSR count). The second-order valence-corrected chi connectivity index (χ2v) is 7.97. The molecule has 0 N–H and O–H groups in total. The lowest BCUT2D eigenvalue weighted by Crippen LogP contribution is -2.05. The van der Waals surface area contributed by atoms with Crippen LogP contribution in [0, 0.1) is 0 Å². The minimum atomic E-state index is -0.000703. The first-order valence-corrected chi connectivity index (χ1v) is 12.3. The summed E-state index contributed by atoms with van der Waals surface area (Å²) in [6.07, 6.45) is 30.6. The van der Waals surface area contributed by atoms with Crippen LogP contribution in [0.15, 0.2) is 24.3 Å². The first kappa shape index (κ1) is 27.0. The molecular weight excluding hydrogens is 344 g/mol. The van der Waals surface area contributed by atoms with Crippen LogP contribution in [0.2, 0.25) is 0 Å². The van der Waals surface area contributed by atoms with E-state index in [9.17, 15) is 4.79 Å². The fourth-order valence-corrected chi connectivity index (χ4v) is 3.22. The van der Waals surface area contributed by atoms with Crippen molar-refractivity contribution in [1.29, 1.82) is 0 Å². The normalized spacial score (nSPS) is 11.6. The molecule has 0 aromatic rings. The van der Waals surface area contributed by atoms with E-state index in [-0.39, 0.29) is 5.97 Å². The maximum atomic E-state index is 11.7. The molecule has 0 saturated heterocycles. The van der Waals surface area contributed by atoms with E-state index in [1.165, 1.54) is 83.5 Å². The molecule has 2 heteroatoms. The maximum absolute atomic E-state index is 11.7. The van der Waals surface area contributed by atoms with Crippen LogP contribution in [-0.2, 0) is 9.53 Å². The topological polar surface area (TPSA) is 26.3 Å². The largest absolute Gasteiger partial charge is 0.466 e. The summed E-state index contributed by atoms with van der Waals surface area (Å²) in [5.41, 5.74) is 0. The lowest BCUT2D eigenvalue weighted by atomic mass is 10.1. The van der Waals surface area contributed by atoms with Crippen molar-refractivity contribution >= 4 is 5.97 Å². The van der Waals surface area contributed by atoms with Gasteiger partial charge in [0, 0.05) is 6.42 Å². The van der Waals surface area contributed by atoms with Crippen molar-refractivity contribution in [2.24, 2.45) is 0 Å². The van der Waals surface area contributed by atoms with E-state index in [0.717, 1.165) is 25.7 Å². The van der Waals surface area contributed by atoms with Gasteiger partial charge in [0.1, 0.15) is 0 Å². The number of esters is 1. The number of hydrogen-bond donors (Lipinski definition) is 0. The highest BCUT2D eigenvalue weighted by molar-refractivity contribution is 5.69. The minimum absolute atomic E-state index is 0.000703. The molecule has 0 aliphatic heterocycles.